The molecule has 0 bridgehead atoms. The summed E-state index contributed by atoms with van der Waals surface area (Å²) in [4.78, 5) is 17.6. The molecule has 7 heteroatoms. The summed E-state index contributed by atoms with van der Waals surface area (Å²) in [7, 11) is 0. The molecule has 0 saturated carbocycles. The summed E-state index contributed by atoms with van der Waals surface area (Å²) in [6.07, 6.45) is 1.25. The van der Waals surface area contributed by atoms with Crippen molar-refractivity contribution in [3.05, 3.63) is 41.1 Å². The second-order valence-electron chi connectivity index (χ2n) is 7.52. The number of benzene rings is 1. The maximum Gasteiger partial charge on any atom is 0.227 e. The molecular formula is C19H22N4O2S. The van der Waals surface area contributed by atoms with E-state index in [2.05, 4.69) is 29.2 Å². The zero-order valence-corrected chi connectivity index (χ0v) is 15.9. The number of aromatic nitrogens is 3. The smallest absolute Gasteiger partial charge is 0.227 e. The van der Waals surface area contributed by atoms with E-state index in [0.717, 1.165) is 17.9 Å². The van der Waals surface area contributed by atoms with Gasteiger partial charge >= 0.3 is 0 Å². The summed E-state index contributed by atoms with van der Waals surface area (Å²) < 4.78 is 1.74. The standard InChI is InChI=1S/C19H22N4O2S/c1-4-26-18-21-17-20-12-9-19(2,3)10-14(25)15(12)16(23(17)22-18)11-7-5-6-8-13(11)24/h5-8,16,24H,4,9-10H2,1-3H3,(H,20,21,22). The molecule has 2 N–H and O–H groups in total. The van der Waals surface area contributed by atoms with Crippen LogP contribution in [0.2, 0.25) is 0 Å². The van der Waals surface area contributed by atoms with Crippen LogP contribution in [0.5, 0.6) is 5.75 Å². The normalized spacial score (nSPS) is 21.2. The Labute approximate surface area is 156 Å². The van der Waals surface area contributed by atoms with Crippen molar-refractivity contribution >= 4 is 23.5 Å². The van der Waals surface area contributed by atoms with E-state index < -0.39 is 6.04 Å². The lowest BCUT2D eigenvalue weighted by Crippen LogP contribution is -2.36. The van der Waals surface area contributed by atoms with E-state index in [1.807, 2.05) is 19.1 Å². The minimum Gasteiger partial charge on any atom is -0.508 e. The fourth-order valence-electron chi connectivity index (χ4n) is 3.79. The van der Waals surface area contributed by atoms with Gasteiger partial charge in [-0.2, -0.15) is 4.98 Å². The number of nitrogens with zero attached hydrogens (tertiary/aromatic N) is 3. The first-order chi connectivity index (χ1) is 12.4. The third kappa shape index (κ3) is 2.80. The van der Waals surface area contributed by atoms with Gasteiger partial charge < -0.3 is 10.4 Å². The molecule has 2 aromatic rings. The average molecular weight is 370 g/mol. The van der Waals surface area contributed by atoms with Crippen molar-refractivity contribution in [3.63, 3.8) is 0 Å². The van der Waals surface area contributed by atoms with Crippen molar-refractivity contribution in [1.82, 2.24) is 14.8 Å². The number of anilines is 1. The molecule has 0 radical (unpaired) electrons. The van der Waals surface area contributed by atoms with Crippen LogP contribution in [0.1, 0.15) is 45.2 Å². The Balaban J connectivity index is 1.91. The Morgan fingerprint density at radius 1 is 1.35 bits per heavy atom. The van der Waals surface area contributed by atoms with Crippen LogP contribution in [0.4, 0.5) is 5.95 Å². The molecule has 136 valence electrons. The predicted octanol–water partition coefficient (Wildman–Crippen LogP) is 3.75. The number of hydrogen-bond acceptors (Lipinski definition) is 6. The number of carbonyl (C=O) groups is 1. The molecule has 1 unspecified atom stereocenters. The van der Waals surface area contributed by atoms with Crippen LogP contribution in [0.3, 0.4) is 0 Å². The van der Waals surface area contributed by atoms with E-state index in [4.69, 9.17) is 0 Å². The highest BCUT2D eigenvalue weighted by Crippen LogP contribution is 2.46. The van der Waals surface area contributed by atoms with Gasteiger partial charge in [-0.3, -0.25) is 4.79 Å². The van der Waals surface area contributed by atoms with Gasteiger partial charge in [-0.25, -0.2) is 4.68 Å². The minimum atomic E-state index is -0.454. The number of fused-ring (bicyclic) bond motifs is 1. The molecular weight excluding hydrogens is 348 g/mol. The van der Waals surface area contributed by atoms with Gasteiger partial charge in [0.15, 0.2) is 5.78 Å². The van der Waals surface area contributed by atoms with Crippen LogP contribution >= 0.6 is 11.8 Å². The largest absolute Gasteiger partial charge is 0.508 e. The van der Waals surface area contributed by atoms with Crippen LogP contribution in [0.15, 0.2) is 40.7 Å². The molecule has 1 aliphatic heterocycles. The SMILES string of the molecule is CCSc1nc2n(n1)C(c1ccccc1O)C1=C(CC(C)(C)CC1=O)N2. The molecule has 0 fully saturated rings. The van der Waals surface area contributed by atoms with E-state index in [1.165, 1.54) is 0 Å². The van der Waals surface area contributed by atoms with Gasteiger partial charge in [-0.05, 0) is 23.7 Å². The Bertz CT molecular complexity index is 916. The lowest BCUT2D eigenvalue weighted by molar-refractivity contribution is -0.118. The lowest BCUT2D eigenvalue weighted by atomic mass is 9.73. The first-order valence-corrected chi connectivity index (χ1v) is 9.78. The third-order valence-corrected chi connectivity index (χ3v) is 5.54. The first kappa shape index (κ1) is 17.1. The number of carbonyl (C=O) groups excluding carboxylic acids is 1. The Hall–Kier alpha value is -2.28. The predicted molar refractivity (Wildman–Crippen MR) is 101 cm³/mol. The van der Waals surface area contributed by atoms with Crippen molar-refractivity contribution in [1.29, 1.82) is 0 Å². The molecule has 0 amide bonds. The number of phenolic OH excluding ortho intramolecular Hbond substituents is 1. The third-order valence-electron chi connectivity index (χ3n) is 4.82. The number of ketones is 1. The Kier molecular flexibility index (Phi) is 4.06. The zero-order chi connectivity index (χ0) is 18.5. The van der Waals surface area contributed by atoms with Crippen molar-refractivity contribution in [2.24, 2.45) is 5.41 Å². The second-order valence-corrected chi connectivity index (χ2v) is 8.75. The highest BCUT2D eigenvalue weighted by atomic mass is 32.2. The maximum atomic E-state index is 13.0. The molecule has 1 aliphatic carbocycles. The highest BCUT2D eigenvalue weighted by molar-refractivity contribution is 7.99. The van der Waals surface area contributed by atoms with E-state index in [-0.39, 0.29) is 16.9 Å². The Morgan fingerprint density at radius 3 is 2.85 bits per heavy atom. The number of Topliss-reactive ketones (excluding diaryl/α,β-unsaturated/α-hetero) is 1. The van der Waals surface area contributed by atoms with Crippen molar-refractivity contribution < 1.29 is 9.90 Å². The molecule has 26 heavy (non-hydrogen) atoms. The van der Waals surface area contributed by atoms with Gasteiger partial charge in [0, 0.05) is 23.3 Å². The fraction of sp³-hybridized carbons (Fsp3) is 0.421. The molecule has 0 saturated heterocycles. The molecule has 2 aliphatic rings. The van der Waals surface area contributed by atoms with E-state index in [9.17, 15) is 9.90 Å². The molecule has 1 atom stereocenters. The number of hydrogen-bond donors (Lipinski definition) is 2. The number of aromatic hydroxyl groups is 1. The molecule has 4 rings (SSSR count). The van der Waals surface area contributed by atoms with Gasteiger partial charge in [0.2, 0.25) is 11.1 Å². The number of rotatable bonds is 3. The molecule has 6 nitrogen and oxygen atoms in total. The van der Waals surface area contributed by atoms with E-state index in [0.29, 0.717) is 28.7 Å². The summed E-state index contributed by atoms with van der Waals surface area (Å²) in [6, 6.07) is 6.69. The average Bonchev–Trinajstić information content (AvgIpc) is 2.95. The van der Waals surface area contributed by atoms with Crippen LogP contribution in [0, 0.1) is 5.41 Å². The number of phenols is 1. The van der Waals surface area contributed by atoms with Gasteiger partial charge in [0.25, 0.3) is 0 Å². The van der Waals surface area contributed by atoms with Crippen molar-refractivity contribution in [2.45, 2.75) is 44.8 Å². The number of nitrogens with one attached hydrogen (secondary N) is 1. The van der Waals surface area contributed by atoms with Gasteiger partial charge in [-0.1, -0.05) is 50.7 Å². The maximum absolute atomic E-state index is 13.0. The number of para-hydroxylation sites is 1. The van der Waals surface area contributed by atoms with Crippen molar-refractivity contribution in [3.8, 4) is 5.75 Å². The van der Waals surface area contributed by atoms with Crippen LogP contribution < -0.4 is 5.32 Å². The summed E-state index contributed by atoms with van der Waals surface area (Å²) >= 11 is 1.56. The zero-order valence-electron chi connectivity index (χ0n) is 15.1. The van der Waals surface area contributed by atoms with Crippen molar-refractivity contribution in [2.75, 3.05) is 11.1 Å². The number of thioether (sulfide) groups is 1. The lowest BCUT2D eigenvalue weighted by Gasteiger charge is -2.38. The van der Waals surface area contributed by atoms with Crippen LogP contribution in [-0.4, -0.2) is 31.4 Å². The van der Waals surface area contributed by atoms with Crippen LogP contribution in [0.25, 0.3) is 0 Å². The van der Waals surface area contributed by atoms with Crippen LogP contribution in [-0.2, 0) is 4.79 Å². The fourth-order valence-corrected chi connectivity index (χ4v) is 4.34. The van der Waals surface area contributed by atoms with E-state index >= 15 is 0 Å². The molecule has 1 aromatic heterocycles. The summed E-state index contributed by atoms with van der Waals surface area (Å²) in [5, 5.41) is 19.1. The quantitative estimate of drug-likeness (QED) is 0.801. The molecule has 0 spiro atoms. The van der Waals surface area contributed by atoms with Gasteiger partial charge in [0.05, 0.1) is 0 Å². The highest BCUT2D eigenvalue weighted by Gasteiger charge is 2.42. The van der Waals surface area contributed by atoms with Gasteiger partial charge in [-0.15, -0.1) is 5.10 Å². The molecule has 1 aromatic carbocycles. The minimum absolute atomic E-state index is 0.0999. The van der Waals surface area contributed by atoms with Gasteiger partial charge in [0.1, 0.15) is 11.8 Å². The summed E-state index contributed by atoms with van der Waals surface area (Å²) in [5.41, 5.74) is 2.16. The topological polar surface area (TPSA) is 80.0 Å². The second kappa shape index (κ2) is 6.16. The number of allylic oxidation sites excluding steroid dienone is 2. The first-order valence-electron chi connectivity index (χ1n) is 8.80. The Morgan fingerprint density at radius 2 is 2.12 bits per heavy atom. The summed E-state index contributed by atoms with van der Waals surface area (Å²) in [5.74, 6) is 1.75. The monoisotopic (exact) mass is 370 g/mol. The van der Waals surface area contributed by atoms with E-state index in [1.54, 1.807) is 28.6 Å². The molecule has 2 heterocycles. The summed E-state index contributed by atoms with van der Waals surface area (Å²) in [6.45, 7) is 6.25.